The number of hydrogen-bond acceptors (Lipinski definition) is 4. The number of carbonyl (C=O) groups is 1. The van der Waals surface area contributed by atoms with Gasteiger partial charge in [0.15, 0.2) is 5.43 Å². The van der Waals surface area contributed by atoms with Crippen LogP contribution in [0.15, 0.2) is 11.0 Å². The zero-order valence-electron chi connectivity index (χ0n) is 10.3. The van der Waals surface area contributed by atoms with Crippen LogP contribution in [0.4, 0.5) is 13.2 Å². The van der Waals surface area contributed by atoms with Gasteiger partial charge in [-0.3, -0.25) is 9.59 Å². The van der Waals surface area contributed by atoms with Crippen LogP contribution in [0.5, 0.6) is 5.88 Å². The smallest absolute Gasteiger partial charge is 0.466 e. The molecule has 0 amide bonds. The Morgan fingerprint density at radius 3 is 2.58 bits per heavy atom. The Morgan fingerprint density at radius 2 is 2.05 bits per heavy atom. The van der Waals surface area contributed by atoms with Gasteiger partial charge in [-0.05, 0) is 13.8 Å². The Balaban J connectivity index is 2.98. The highest BCUT2D eigenvalue weighted by Crippen LogP contribution is 2.22. The van der Waals surface area contributed by atoms with E-state index in [-0.39, 0.29) is 24.2 Å². The van der Waals surface area contributed by atoms with E-state index in [2.05, 4.69) is 14.5 Å². The van der Waals surface area contributed by atoms with Gasteiger partial charge in [0.25, 0.3) is 0 Å². The molecule has 0 aliphatic carbocycles. The average molecular weight is 279 g/mol. The van der Waals surface area contributed by atoms with Crippen molar-refractivity contribution in [2.24, 2.45) is 0 Å². The van der Waals surface area contributed by atoms with Crippen LogP contribution in [0, 0.1) is 6.92 Å². The Morgan fingerprint density at radius 1 is 1.42 bits per heavy atom. The lowest BCUT2D eigenvalue weighted by Gasteiger charge is -2.11. The van der Waals surface area contributed by atoms with Crippen molar-refractivity contribution in [3.05, 3.63) is 27.5 Å². The summed E-state index contributed by atoms with van der Waals surface area (Å²) in [5.41, 5.74) is -0.921. The molecule has 0 aliphatic heterocycles. The fourth-order valence-electron chi connectivity index (χ4n) is 1.39. The number of alkyl halides is 3. The monoisotopic (exact) mass is 279 g/mol. The van der Waals surface area contributed by atoms with Crippen LogP contribution < -0.4 is 10.2 Å². The predicted octanol–water partition coefficient (Wildman–Crippen LogP) is 1.69. The van der Waals surface area contributed by atoms with Gasteiger partial charge >= 0.3 is 12.3 Å². The number of aromatic nitrogens is 1. The van der Waals surface area contributed by atoms with E-state index in [4.69, 9.17) is 0 Å². The number of nitrogens with one attached hydrogen (secondary N) is 1. The summed E-state index contributed by atoms with van der Waals surface area (Å²) >= 11 is 0. The second kappa shape index (κ2) is 5.77. The standard InChI is InChI=1S/C11H12F3NO4/c1-3-18-8(16)4-7-5-15-10(6(2)9(7)17)19-11(12,13)14/h5H,3-4H2,1-2H3,(H,15,17). The number of ether oxygens (including phenoxy) is 2. The largest absolute Gasteiger partial charge is 0.574 e. The maximum Gasteiger partial charge on any atom is 0.574 e. The van der Waals surface area contributed by atoms with Gasteiger partial charge in [0, 0.05) is 11.8 Å². The minimum atomic E-state index is -4.89. The van der Waals surface area contributed by atoms with Gasteiger partial charge in [-0.1, -0.05) is 0 Å². The summed E-state index contributed by atoms with van der Waals surface area (Å²) in [6, 6.07) is 0. The summed E-state index contributed by atoms with van der Waals surface area (Å²) in [4.78, 5) is 25.1. The summed E-state index contributed by atoms with van der Waals surface area (Å²) in [6.07, 6.45) is -4.19. The van der Waals surface area contributed by atoms with Crippen molar-refractivity contribution in [2.45, 2.75) is 26.6 Å². The molecule has 1 rings (SSSR count). The fraction of sp³-hybridized carbons (Fsp3) is 0.455. The number of rotatable bonds is 4. The molecule has 0 spiro atoms. The van der Waals surface area contributed by atoms with E-state index in [1.54, 1.807) is 6.92 Å². The van der Waals surface area contributed by atoms with E-state index in [1.165, 1.54) is 6.92 Å². The highest BCUT2D eigenvalue weighted by atomic mass is 19.4. The Hall–Kier alpha value is -1.99. The molecule has 1 aromatic heterocycles. The van der Waals surface area contributed by atoms with Crippen molar-refractivity contribution in [3.8, 4) is 5.88 Å². The molecule has 5 nitrogen and oxygen atoms in total. The van der Waals surface area contributed by atoms with Crippen LogP contribution in [0.2, 0.25) is 0 Å². The first kappa shape index (κ1) is 15.1. The van der Waals surface area contributed by atoms with E-state index in [0.717, 1.165) is 6.20 Å². The second-order valence-electron chi connectivity index (χ2n) is 3.63. The summed E-state index contributed by atoms with van der Waals surface area (Å²) in [5.74, 6) is -1.32. The third kappa shape index (κ3) is 4.31. The number of aromatic amines is 1. The van der Waals surface area contributed by atoms with Crippen LogP contribution in [-0.4, -0.2) is 23.9 Å². The topological polar surface area (TPSA) is 68.4 Å². The lowest BCUT2D eigenvalue weighted by Crippen LogP contribution is -2.23. The third-order valence-corrected chi connectivity index (χ3v) is 2.21. The van der Waals surface area contributed by atoms with E-state index in [9.17, 15) is 22.8 Å². The molecule has 0 unspecified atom stereocenters. The van der Waals surface area contributed by atoms with Gasteiger partial charge in [-0.2, -0.15) is 0 Å². The normalized spacial score (nSPS) is 11.2. The molecule has 0 saturated carbocycles. The molecule has 0 saturated heterocycles. The van der Waals surface area contributed by atoms with Crippen LogP contribution in [0.3, 0.4) is 0 Å². The molecule has 0 aliphatic rings. The highest BCUT2D eigenvalue weighted by Gasteiger charge is 2.32. The zero-order valence-corrected chi connectivity index (χ0v) is 10.3. The molecule has 8 heteroatoms. The lowest BCUT2D eigenvalue weighted by molar-refractivity contribution is -0.276. The van der Waals surface area contributed by atoms with Gasteiger partial charge in [0.05, 0.1) is 18.6 Å². The molecule has 106 valence electrons. The van der Waals surface area contributed by atoms with Crippen LogP contribution >= 0.6 is 0 Å². The zero-order chi connectivity index (χ0) is 14.6. The van der Waals surface area contributed by atoms with Gasteiger partial charge in [0.2, 0.25) is 5.88 Å². The van der Waals surface area contributed by atoms with Crippen LogP contribution in [0.25, 0.3) is 0 Å². The van der Waals surface area contributed by atoms with Gasteiger partial charge in [-0.25, -0.2) is 0 Å². The summed E-state index contributed by atoms with van der Waals surface area (Å²) in [5, 5.41) is 0. The summed E-state index contributed by atoms with van der Waals surface area (Å²) in [6.45, 7) is 2.94. The van der Waals surface area contributed by atoms with Crippen molar-refractivity contribution in [1.29, 1.82) is 0 Å². The summed E-state index contributed by atoms with van der Waals surface area (Å²) in [7, 11) is 0. The maximum atomic E-state index is 12.0. The number of carbonyl (C=O) groups excluding carboxylic acids is 1. The number of pyridine rings is 1. The predicted molar refractivity (Wildman–Crippen MR) is 58.8 cm³/mol. The van der Waals surface area contributed by atoms with Crippen molar-refractivity contribution in [3.63, 3.8) is 0 Å². The molecule has 0 radical (unpaired) electrons. The number of halogens is 3. The van der Waals surface area contributed by atoms with E-state index >= 15 is 0 Å². The first-order chi connectivity index (χ1) is 8.74. The average Bonchev–Trinajstić information content (AvgIpc) is 2.28. The van der Waals surface area contributed by atoms with Crippen LogP contribution in [-0.2, 0) is 16.0 Å². The molecule has 0 bridgehead atoms. The van der Waals surface area contributed by atoms with Crippen molar-refractivity contribution < 1.29 is 27.4 Å². The molecule has 1 aromatic rings. The van der Waals surface area contributed by atoms with E-state index in [1.807, 2.05) is 0 Å². The van der Waals surface area contributed by atoms with Crippen molar-refractivity contribution >= 4 is 5.97 Å². The Bertz CT molecular complexity index is 522. The molecule has 19 heavy (non-hydrogen) atoms. The molecular weight excluding hydrogens is 267 g/mol. The van der Waals surface area contributed by atoms with Gasteiger partial charge in [-0.15, -0.1) is 13.2 Å². The third-order valence-electron chi connectivity index (χ3n) is 2.21. The molecule has 0 atom stereocenters. The maximum absolute atomic E-state index is 12.0. The fourth-order valence-corrected chi connectivity index (χ4v) is 1.39. The first-order valence-electron chi connectivity index (χ1n) is 5.37. The SMILES string of the molecule is CCOC(=O)Cc1c[nH]c(OC(F)(F)F)c(C)c1=O. The quantitative estimate of drug-likeness (QED) is 0.851. The second-order valence-corrected chi connectivity index (χ2v) is 3.63. The number of hydrogen-bond donors (Lipinski definition) is 1. The molecule has 0 fully saturated rings. The first-order valence-corrected chi connectivity index (χ1v) is 5.37. The molecular formula is C11H12F3NO4. The Kier molecular flexibility index (Phi) is 4.57. The van der Waals surface area contributed by atoms with Crippen LogP contribution in [0.1, 0.15) is 18.1 Å². The van der Waals surface area contributed by atoms with Crippen molar-refractivity contribution in [1.82, 2.24) is 4.98 Å². The molecule has 1 heterocycles. The molecule has 0 aromatic carbocycles. The summed E-state index contributed by atoms with van der Waals surface area (Å²) < 4.78 is 44.4. The van der Waals surface area contributed by atoms with E-state index in [0.29, 0.717) is 0 Å². The minimum Gasteiger partial charge on any atom is -0.466 e. The highest BCUT2D eigenvalue weighted by molar-refractivity contribution is 5.72. The lowest BCUT2D eigenvalue weighted by atomic mass is 10.1. The van der Waals surface area contributed by atoms with Crippen molar-refractivity contribution in [2.75, 3.05) is 6.61 Å². The Labute approximate surface area is 106 Å². The van der Waals surface area contributed by atoms with E-state index < -0.39 is 23.6 Å². The van der Waals surface area contributed by atoms with Gasteiger partial charge < -0.3 is 14.5 Å². The number of H-pyrrole nitrogens is 1. The minimum absolute atomic E-state index is 0.0190. The molecule has 1 N–H and O–H groups in total. The van der Waals surface area contributed by atoms with Gasteiger partial charge in [0.1, 0.15) is 0 Å². The number of esters is 1.